The number of amides is 2. The molecular formula is C20H26N2O4. The quantitative estimate of drug-likeness (QED) is 0.784. The lowest BCUT2D eigenvalue weighted by Gasteiger charge is -2.24. The second-order valence-electron chi connectivity index (χ2n) is 7.29. The van der Waals surface area contributed by atoms with Crippen LogP contribution >= 0.6 is 0 Å². The largest absolute Gasteiger partial charge is 0.481 e. The van der Waals surface area contributed by atoms with Gasteiger partial charge in [-0.3, -0.25) is 14.4 Å². The fourth-order valence-corrected chi connectivity index (χ4v) is 4.04. The summed E-state index contributed by atoms with van der Waals surface area (Å²) in [5, 5.41) is 12.0. The van der Waals surface area contributed by atoms with E-state index in [2.05, 4.69) is 5.32 Å². The fourth-order valence-electron chi connectivity index (χ4n) is 4.04. The Bertz CT molecular complexity index is 655. The summed E-state index contributed by atoms with van der Waals surface area (Å²) in [6.07, 6.45) is 4.93. The second kappa shape index (κ2) is 8.34. The molecule has 0 bridgehead atoms. The van der Waals surface area contributed by atoms with Crippen LogP contribution in [0.3, 0.4) is 0 Å². The normalized spacial score (nSPS) is 21.8. The van der Waals surface area contributed by atoms with Gasteiger partial charge in [0, 0.05) is 25.4 Å². The Hall–Kier alpha value is -2.37. The van der Waals surface area contributed by atoms with E-state index in [9.17, 15) is 14.4 Å². The molecule has 2 N–H and O–H groups in total. The molecule has 0 spiro atoms. The van der Waals surface area contributed by atoms with E-state index in [-0.39, 0.29) is 42.7 Å². The van der Waals surface area contributed by atoms with Crippen LogP contribution in [-0.2, 0) is 14.4 Å². The van der Waals surface area contributed by atoms with Gasteiger partial charge in [-0.05, 0) is 24.8 Å². The molecule has 2 atom stereocenters. The van der Waals surface area contributed by atoms with Crippen molar-refractivity contribution in [2.45, 2.75) is 57.0 Å². The van der Waals surface area contributed by atoms with E-state index in [1.807, 2.05) is 35.2 Å². The van der Waals surface area contributed by atoms with Crippen molar-refractivity contribution in [3.63, 3.8) is 0 Å². The third-order valence-electron chi connectivity index (χ3n) is 5.46. The number of aliphatic carboxylic acids is 1. The van der Waals surface area contributed by atoms with Crippen molar-refractivity contribution in [1.82, 2.24) is 10.2 Å². The highest BCUT2D eigenvalue weighted by Crippen LogP contribution is 2.30. The molecule has 0 unspecified atom stereocenters. The lowest BCUT2D eigenvalue weighted by molar-refractivity contribution is -0.137. The Morgan fingerprint density at radius 1 is 1.19 bits per heavy atom. The molecule has 3 rings (SSSR count). The van der Waals surface area contributed by atoms with Gasteiger partial charge in [0.15, 0.2) is 0 Å². The molecule has 6 nitrogen and oxygen atoms in total. The molecule has 0 aromatic heterocycles. The van der Waals surface area contributed by atoms with Crippen LogP contribution in [0.25, 0.3) is 0 Å². The molecular weight excluding hydrogens is 332 g/mol. The van der Waals surface area contributed by atoms with Crippen molar-refractivity contribution in [2.75, 3.05) is 6.54 Å². The molecule has 140 valence electrons. The molecule has 1 aliphatic carbocycles. The van der Waals surface area contributed by atoms with Gasteiger partial charge >= 0.3 is 5.97 Å². The number of hydrogen-bond acceptors (Lipinski definition) is 3. The maximum atomic E-state index is 12.7. The van der Waals surface area contributed by atoms with Crippen molar-refractivity contribution in [3.8, 4) is 0 Å². The SMILES string of the molecule is O=C(O)CC[C@@H](NC(=O)[C@H]1CC(=O)N(C2CCCC2)C1)c1ccccc1. The Labute approximate surface area is 153 Å². The average molecular weight is 358 g/mol. The van der Waals surface area contributed by atoms with Gasteiger partial charge in [-0.25, -0.2) is 0 Å². The van der Waals surface area contributed by atoms with Crippen LogP contribution in [0.15, 0.2) is 30.3 Å². The van der Waals surface area contributed by atoms with E-state index in [0.717, 1.165) is 31.2 Å². The van der Waals surface area contributed by atoms with Crippen LogP contribution in [0.2, 0.25) is 0 Å². The fraction of sp³-hybridized carbons (Fsp3) is 0.550. The molecule has 0 radical (unpaired) electrons. The highest BCUT2D eigenvalue weighted by molar-refractivity contribution is 5.89. The second-order valence-corrected chi connectivity index (χ2v) is 7.29. The van der Waals surface area contributed by atoms with Gasteiger partial charge in [-0.15, -0.1) is 0 Å². The van der Waals surface area contributed by atoms with Gasteiger partial charge in [-0.2, -0.15) is 0 Å². The predicted octanol–water partition coefficient (Wildman–Crippen LogP) is 2.50. The minimum absolute atomic E-state index is 0.0162. The number of benzene rings is 1. The summed E-state index contributed by atoms with van der Waals surface area (Å²) >= 11 is 0. The number of carbonyl (C=O) groups is 3. The first-order chi connectivity index (χ1) is 12.5. The van der Waals surface area contributed by atoms with Crippen molar-refractivity contribution in [1.29, 1.82) is 0 Å². The predicted molar refractivity (Wildman–Crippen MR) is 96.3 cm³/mol. The van der Waals surface area contributed by atoms with E-state index in [4.69, 9.17) is 5.11 Å². The van der Waals surface area contributed by atoms with Crippen LogP contribution in [0.5, 0.6) is 0 Å². The third-order valence-corrected chi connectivity index (χ3v) is 5.46. The molecule has 2 amide bonds. The third kappa shape index (κ3) is 4.42. The van der Waals surface area contributed by atoms with Crippen LogP contribution in [0.4, 0.5) is 0 Å². The van der Waals surface area contributed by atoms with Crippen molar-refractivity contribution < 1.29 is 19.5 Å². The molecule has 1 saturated heterocycles. The Kier molecular flexibility index (Phi) is 5.91. The first kappa shape index (κ1) is 18.4. The average Bonchev–Trinajstić information content (AvgIpc) is 3.28. The molecule has 2 aliphatic rings. The summed E-state index contributed by atoms with van der Waals surface area (Å²) in [6, 6.07) is 9.34. The van der Waals surface area contributed by atoms with Gasteiger partial charge in [0.25, 0.3) is 0 Å². The van der Waals surface area contributed by atoms with Gasteiger partial charge in [-0.1, -0.05) is 43.2 Å². The molecule has 1 aromatic rings. The zero-order valence-electron chi connectivity index (χ0n) is 14.9. The zero-order chi connectivity index (χ0) is 18.5. The summed E-state index contributed by atoms with van der Waals surface area (Å²) in [5.41, 5.74) is 0.888. The Balaban J connectivity index is 1.63. The molecule has 1 heterocycles. The first-order valence-corrected chi connectivity index (χ1v) is 9.41. The standard InChI is InChI=1S/C20H26N2O4/c23-18-12-15(13-22(18)16-8-4-5-9-16)20(26)21-17(10-11-19(24)25)14-6-2-1-3-7-14/h1-3,6-7,15-17H,4-5,8-13H2,(H,21,26)(H,24,25)/t15-,17+/m0/s1. The van der Waals surface area contributed by atoms with Crippen molar-refractivity contribution >= 4 is 17.8 Å². The summed E-state index contributed by atoms with van der Waals surface area (Å²) in [7, 11) is 0. The molecule has 2 fully saturated rings. The molecule has 1 aromatic carbocycles. The highest BCUT2D eigenvalue weighted by Gasteiger charge is 2.39. The number of likely N-dealkylation sites (tertiary alicyclic amines) is 1. The maximum Gasteiger partial charge on any atom is 0.303 e. The minimum atomic E-state index is -0.886. The lowest BCUT2D eigenvalue weighted by Crippen LogP contribution is -2.38. The number of carboxylic acids is 1. The van der Waals surface area contributed by atoms with E-state index < -0.39 is 5.97 Å². The zero-order valence-corrected chi connectivity index (χ0v) is 14.9. The van der Waals surface area contributed by atoms with Crippen LogP contribution < -0.4 is 5.32 Å². The lowest BCUT2D eigenvalue weighted by atomic mass is 10.00. The monoisotopic (exact) mass is 358 g/mol. The van der Waals surface area contributed by atoms with Crippen LogP contribution in [-0.4, -0.2) is 40.4 Å². The number of carbonyl (C=O) groups excluding carboxylic acids is 2. The first-order valence-electron chi connectivity index (χ1n) is 9.41. The minimum Gasteiger partial charge on any atom is -0.481 e. The van der Waals surface area contributed by atoms with Gasteiger partial charge < -0.3 is 15.3 Å². The van der Waals surface area contributed by atoms with E-state index >= 15 is 0 Å². The van der Waals surface area contributed by atoms with Gasteiger partial charge in [0.1, 0.15) is 0 Å². The van der Waals surface area contributed by atoms with Crippen LogP contribution in [0, 0.1) is 5.92 Å². The Morgan fingerprint density at radius 3 is 2.54 bits per heavy atom. The number of carboxylic acid groups (broad SMARTS) is 1. The van der Waals surface area contributed by atoms with E-state index in [0.29, 0.717) is 13.0 Å². The summed E-state index contributed by atoms with van der Waals surface area (Å²) in [5.74, 6) is -1.32. The maximum absolute atomic E-state index is 12.7. The molecule has 26 heavy (non-hydrogen) atoms. The van der Waals surface area contributed by atoms with E-state index in [1.165, 1.54) is 0 Å². The summed E-state index contributed by atoms with van der Waals surface area (Å²) < 4.78 is 0. The number of hydrogen-bond donors (Lipinski definition) is 2. The number of nitrogens with one attached hydrogen (secondary N) is 1. The van der Waals surface area contributed by atoms with Gasteiger partial charge in [0.2, 0.25) is 11.8 Å². The van der Waals surface area contributed by atoms with Gasteiger partial charge in [0.05, 0.1) is 12.0 Å². The van der Waals surface area contributed by atoms with Crippen LogP contribution in [0.1, 0.15) is 56.6 Å². The van der Waals surface area contributed by atoms with E-state index in [1.54, 1.807) is 0 Å². The topological polar surface area (TPSA) is 86.7 Å². The Morgan fingerprint density at radius 2 is 1.88 bits per heavy atom. The number of nitrogens with zero attached hydrogens (tertiary/aromatic N) is 1. The highest BCUT2D eigenvalue weighted by atomic mass is 16.4. The summed E-state index contributed by atoms with van der Waals surface area (Å²) in [4.78, 5) is 37.9. The van der Waals surface area contributed by atoms with Crippen molar-refractivity contribution in [3.05, 3.63) is 35.9 Å². The molecule has 6 heteroatoms. The molecule has 1 saturated carbocycles. The summed E-state index contributed by atoms with van der Waals surface area (Å²) in [6.45, 7) is 0.482. The number of rotatable bonds is 7. The smallest absolute Gasteiger partial charge is 0.303 e. The van der Waals surface area contributed by atoms with Crippen molar-refractivity contribution in [2.24, 2.45) is 5.92 Å². The molecule has 1 aliphatic heterocycles.